The first-order valence-electron chi connectivity index (χ1n) is 13.3. The number of rotatable bonds is 10. The summed E-state index contributed by atoms with van der Waals surface area (Å²) in [6.07, 6.45) is 0. The maximum Gasteiger partial charge on any atom is 0.264 e. The van der Waals surface area contributed by atoms with Crippen LogP contribution in [0.25, 0.3) is 0 Å². The Balaban J connectivity index is 1.59. The molecular formula is C33H34N2O6S. The molecule has 1 N–H and O–H groups in total. The van der Waals surface area contributed by atoms with Crippen LogP contribution in [0, 0.1) is 0 Å². The van der Waals surface area contributed by atoms with Gasteiger partial charge < -0.3 is 14.8 Å². The molecule has 9 heteroatoms. The van der Waals surface area contributed by atoms with Crippen LogP contribution in [0.1, 0.15) is 42.3 Å². The van der Waals surface area contributed by atoms with E-state index in [2.05, 4.69) is 26.1 Å². The molecule has 0 saturated heterocycles. The number of nitrogens with zero attached hydrogens (tertiary/aromatic N) is 1. The van der Waals surface area contributed by atoms with Crippen molar-refractivity contribution in [1.29, 1.82) is 0 Å². The number of para-hydroxylation sites is 2. The van der Waals surface area contributed by atoms with Crippen molar-refractivity contribution in [2.75, 3.05) is 30.4 Å². The first kappa shape index (κ1) is 30.3. The SMILES string of the molecule is COc1ccc(S(=O)(=O)N(CC(=O)Nc2cccc(C(=O)c3ccc(C(C)(C)C)cc3)c2)c2ccccc2OC)cc1. The van der Waals surface area contributed by atoms with Crippen molar-refractivity contribution in [1.82, 2.24) is 0 Å². The topological polar surface area (TPSA) is 102 Å². The van der Waals surface area contributed by atoms with Crippen molar-refractivity contribution in [3.05, 3.63) is 114 Å². The van der Waals surface area contributed by atoms with Crippen molar-refractivity contribution in [2.24, 2.45) is 0 Å². The van der Waals surface area contributed by atoms with Crippen LogP contribution in [-0.4, -0.2) is 40.9 Å². The van der Waals surface area contributed by atoms with Gasteiger partial charge in [0.15, 0.2) is 5.78 Å². The Bertz CT molecular complexity index is 1680. The van der Waals surface area contributed by atoms with Gasteiger partial charge in [0, 0.05) is 16.8 Å². The second-order valence-corrected chi connectivity index (χ2v) is 12.5. The van der Waals surface area contributed by atoms with Gasteiger partial charge in [-0.05, 0) is 59.5 Å². The van der Waals surface area contributed by atoms with E-state index in [4.69, 9.17) is 9.47 Å². The molecule has 0 heterocycles. The van der Waals surface area contributed by atoms with Gasteiger partial charge in [-0.3, -0.25) is 13.9 Å². The molecule has 0 aliphatic heterocycles. The first-order valence-corrected chi connectivity index (χ1v) is 14.7. The zero-order valence-electron chi connectivity index (χ0n) is 24.2. The molecular weight excluding hydrogens is 552 g/mol. The van der Waals surface area contributed by atoms with Crippen LogP contribution < -0.4 is 19.1 Å². The smallest absolute Gasteiger partial charge is 0.264 e. The molecule has 0 saturated carbocycles. The van der Waals surface area contributed by atoms with Crippen molar-refractivity contribution >= 4 is 33.1 Å². The van der Waals surface area contributed by atoms with Crippen molar-refractivity contribution in [2.45, 2.75) is 31.1 Å². The number of carbonyl (C=O) groups excluding carboxylic acids is 2. The number of methoxy groups -OCH3 is 2. The lowest BCUT2D eigenvalue weighted by Gasteiger charge is -2.25. The lowest BCUT2D eigenvalue weighted by atomic mass is 9.86. The molecule has 0 bridgehead atoms. The van der Waals surface area contributed by atoms with E-state index in [0.29, 0.717) is 22.6 Å². The number of anilines is 2. The van der Waals surface area contributed by atoms with E-state index in [1.165, 1.54) is 38.5 Å². The fourth-order valence-electron chi connectivity index (χ4n) is 4.37. The highest BCUT2D eigenvalue weighted by atomic mass is 32.2. The fourth-order valence-corrected chi connectivity index (χ4v) is 5.80. The van der Waals surface area contributed by atoms with Crippen molar-refractivity contribution < 1.29 is 27.5 Å². The molecule has 8 nitrogen and oxygen atoms in total. The normalized spacial score (nSPS) is 11.5. The van der Waals surface area contributed by atoms with Gasteiger partial charge in [-0.1, -0.05) is 69.3 Å². The Kier molecular flexibility index (Phi) is 9.02. The van der Waals surface area contributed by atoms with Crippen molar-refractivity contribution in [3.63, 3.8) is 0 Å². The van der Waals surface area contributed by atoms with Crippen LogP contribution >= 0.6 is 0 Å². The van der Waals surface area contributed by atoms with Crippen LogP contribution in [0.5, 0.6) is 11.5 Å². The van der Waals surface area contributed by atoms with Crippen LogP contribution in [0.3, 0.4) is 0 Å². The molecule has 1 amide bonds. The van der Waals surface area contributed by atoms with Gasteiger partial charge in [-0.15, -0.1) is 0 Å². The molecule has 0 aromatic heterocycles. The third-order valence-corrected chi connectivity index (χ3v) is 8.48. The van der Waals surface area contributed by atoms with Gasteiger partial charge in [0.05, 0.1) is 24.8 Å². The van der Waals surface area contributed by atoms with Crippen LogP contribution in [0.2, 0.25) is 0 Å². The largest absolute Gasteiger partial charge is 0.497 e. The summed E-state index contributed by atoms with van der Waals surface area (Å²) in [5, 5.41) is 2.74. The number of carbonyl (C=O) groups is 2. The first-order chi connectivity index (χ1) is 19.9. The standard InChI is InChI=1S/C33H34N2O6S/c1-33(2,3)25-15-13-23(14-16-25)32(37)24-9-8-10-26(21-24)34-31(36)22-35(29-11-6-7-12-30(29)41-5)42(38,39)28-19-17-27(40-4)18-20-28/h6-21H,22H2,1-5H3,(H,34,36). The number of ketones is 1. The number of ether oxygens (including phenoxy) is 2. The molecule has 4 aromatic carbocycles. The third-order valence-electron chi connectivity index (χ3n) is 6.71. The molecule has 0 spiro atoms. The number of nitrogens with one attached hydrogen (secondary N) is 1. The van der Waals surface area contributed by atoms with Crippen LogP contribution in [-0.2, 0) is 20.2 Å². The number of sulfonamides is 1. The molecule has 0 aliphatic rings. The van der Waals surface area contributed by atoms with Gasteiger partial charge in [0.1, 0.15) is 18.0 Å². The Morgan fingerprint density at radius 1 is 0.786 bits per heavy atom. The summed E-state index contributed by atoms with van der Waals surface area (Å²) in [5.41, 5.74) is 2.56. The number of benzene rings is 4. The van der Waals surface area contributed by atoms with Gasteiger partial charge in [0.2, 0.25) is 5.91 Å². The zero-order valence-corrected chi connectivity index (χ0v) is 25.1. The summed E-state index contributed by atoms with van der Waals surface area (Å²) in [5.74, 6) is -0.0102. The fraction of sp³-hybridized carbons (Fsp3) is 0.212. The summed E-state index contributed by atoms with van der Waals surface area (Å²) in [6, 6.07) is 26.5. The Morgan fingerprint density at radius 2 is 1.45 bits per heavy atom. The van der Waals surface area contributed by atoms with Gasteiger partial charge in [0.25, 0.3) is 10.0 Å². The highest BCUT2D eigenvalue weighted by Gasteiger charge is 2.29. The maximum atomic E-state index is 13.8. The molecule has 0 atom stereocenters. The van der Waals surface area contributed by atoms with E-state index in [9.17, 15) is 18.0 Å². The zero-order chi connectivity index (χ0) is 30.5. The van der Waals surface area contributed by atoms with E-state index < -0.39 is 22.5 Å². The second kappa shape index (κ2) is 12.5. The van der Waals surface area contributed by atoms with Gasteiger partial charge in [-0.25, -0.2) is 8.42 Å². The predicted molar refractivity (Wildman–Crippen MR) is 164 cm³/mol. The predicted octanol–water partition coefficient (Wildman–Crippen LogP) is 6.07. The number of hydrogen-bond acceptors (Lipinski definition) is 6. The van der Waals surface area contributed by atoms with Crippen LogP contribution in [0.15, 0.2) is 102 Å². The van der Waals surface area contributed by atoms with Gasteiger partial charge >= 0.3 is 0 Å². The van der Waals surface area contributed by atoms with E-state index in [1.807, 2.05) is 12.1 Å². The monoisotopic (exact) mass is 586 g/mol. The highest BCUT2D eigenvalue weighted by molar-refractivity contribution is 7.92. The molecule has 4 rings (SSSR count). The summed E-state index contributed by atoms with van der Waals surface area (Å²) in [7, 11) is -1.27. The lowest BCUT2D eigenvalue weighted by molar-refractivity contribution is -0.114. The number of hydrogen-bond donors (Lipinski definition) is 1. The van der Waals surface area contributed by atoms with Crippen LogP contribution in [0.4, 0.5) is 11.4 Å². The third kappa shape index (κ3) is 6.80. The summed E-state index contributed by atoms with van der Waals surface area (Å²) in [4.78, 5) is 26.5. The maximum absolute atomic E-state index is 13.8. The average molecular weight is 587 g/mol. The molecule has 0 unspecified atom stereocenters. The molecule has 0 aliphatic carbocycles. The van der Waals surface area contributed by atoms with E-state index in [0.717, 1.165) is 9.87 Å². The average Bonchev–Trinajstić information content (AvgIpc) is 2.99. The summed E-state index contributed by atoms with van der Waals surface area (Å²) >= 11 is 0. The van der Waals surface area contributed by atoms with E-state index in [-0.39, 0.29) is 27.5 Å². The minimum absolute atomic E-state index is 0.0212. The molecule has 4 aromatic rings. The second-order valence-electron chi connectivity index (χ2n) is 10.6. The number of amides is 1. The molecule has 0 radical (unpaired) electrons. The van der Waals surface area contributed by atoms with Gasteiger partial charge in [-0.2, -0.15) is 0 Å². The van der Waals surface area contributed by atoms with E-state index >= 15 is 0 Å². The van der Waals surface area contributed by atoms with E-state index in [1.54, 1.807) is 60.7 Å². The molecule has 0 fully saturated rings. The quantitative estimate of drug-likeness (QED) is 0.227. The summed E-state index contributed by atoms with van der Waals surface area (Å²) in [6.45, 7) is 5.77. The Labute approximate surface area is 247 Å². The minimum Gasteiger partial charge on any atom is -0.497 e. The highest BCUT2D eigenvalue weighted by Crippen LogP contribution is 2.33. The Hall–Kier alpha value is -4.63. The minimum atomic E-state index is -4.19. The molecule has 218 valence electrons. The molecule has 42 heavy (non-hydrogen) atoms. The summed E-state index contributed by atoms with van der Waals surface area (Å²) < 4.78 is 39.1. The Morgan fingerprint density at radius 3 is 2.07 bits per heavy atom. The lowest BCUT2D eigenvalue weighted by Crippen LogP contribution is -2.38. The van der Waals surface area contributed by atoms with Crippen molar-refractivity contribution in [3.8, 4) is 11.5 Å².